The van der Waals surface area contributed by atoms with Gasteiger partial charge in [0.15, 0.2) is 0 Å². The lowest BCUT2D eigenvalue weighted by molar-refractivity contribution is -0.183. The molecule has 2 heterocycles. The first kappa shape index (κ1) is 17.3. The van der Waals surface area contributed by atoms with Gasteiger partial charge in [0, 0.05) is 25.7 Å². The summed E-state index contributed by atoms with van der Waals surface area (Å²) in [5.41, 5.74) is 0.831. The average molecular weight is 344 g/mol. The van der Waals surface area contributed by atoms with Gasteiger partial charge < -0.3 is 5.32 Å². The molecular weight excluding hydrogens is 321 g/mol. The molecule has 3 rings (SSSR count). The Kier molecular flexibility index (Phi) is 4.59. The van der Waals surface area contributed by atoms with Gasteiger partial charge in [-0.2, -0.15) is 18.3 Å². The van der Waals surface area contributed by atoms with Crippen molar-refractivity contribution in [3.05, 3.63) is 11.8 Å². The molecule has 0 radical (unpaired) electrons. The quantitative estimate of drug-likeness (QED) is 0.917. The highest BCUT2D eigenvalue weighted by atomic mass is 19.4. The van der Waals surface area contributed by atoms with Gasteiger partial charge in [-0.25, -0.2) is 0 Å². The third-order valence-electron chi connectivity index (χ3n) is 5.03. The van der Waals surface area contributed by atoms with Crippen LogP contribution in [0.15, 0.2) is 6.07 Å². The van der Waals surface area contributed by atoms with E-state index in [1.54, 1.807) is 16.6 Å². The predicted molar refractivity (Wildman–Crippen MR) is 83.6 cm³/mol. The van der Waals surface area contributed by atoms with E-state index in [9.17, 15) is 18.0 Å². The van der Waals surface area contributed by atoms with Crippen LogP contribution in [0.3, 0.4) is 0 Å². The van der Waals surface area contributed by atoms with Gasteiger partial charge in [0.25, 0.3) is 0 Å². The van der Waals surface area contributed by atoms with Gasteiger partial charge in [0.1, 0.15) is 5.82 Å². The summed E-state index contributed by atoms with van der Waals surface area (Å²) in [5.74, 6) is -0.596. The molecule has 1 aliphatic heterocycles. The van der Waals surface area contributed by atoms with E-state index >= 15 is 0 Å². The second-order valence-electron chi connectivity index (χ2n) is 6.87. The minimum absolute atomic E-state index is 0.0676. The fourth-order valence-corrected chi connectivity index (χ4v) is 3.83. The topological polar surface area (TPSA) is 50.2 Å². The largest absolute Gasteiger partial charge is 0.391 e. The van der Waals surface area contributed by atoms with Crippen LogP contribution in [0.4, 0.5) is 19.0 Å². The van der Waals surface area contributed by atoms with E-state index in [0.29, 0.717) is 25.8 Å². The van der Waals surface area contributed by atoms with E-state index in [2.05, 4.69) is 10.4 Å². The molecule has 1 amide bonds. The van der Waals surface area contributed by atoms with Crippen LogP contribution >= 0.6 is 0 Å². The van der Waals surface area contributed by atoms with E-state index in [1.807, 2.05) is 13.0 Å². The van der Waals surface area contributed by atoms with Crippen LogP contribution in [0.2, 0.25) is 0 Å². The van der Waals surface area contributed by atoms with Gasteiger partial charge in [0.05, 0.1) is 17.7 Å². The average Bonchev–Trinajstić information content (AvgIpc) is 3.01. The first-order chi connectivity index (χ1) is 11.3. The maximum Gasteiger partial charge on any atom is 0.391 e. The molecule has 2 fully saturated rings. The molecule has 5 nitrogen and oxygen atoms in total. The van der Waals surface area contributed by atoms with Crippen molar-refractivity contribution in [2.24, 2.45) is 13.0 Å². The molecule has 134 valence electrons. The molecule has 1 aromatic heterocycles. The smallest absolute Gasteiger partial charge is 0.303 e. The fraction of sp³-hybridized carbons (Fsp3) is 0.750. The highest BCUT2D eigenvalue weighted by molar-refractivity contribution is 5.98. The van der Waals surface area contributed by atoms with Gasteiger partial charge in [-0.15, -0.1) is 0 Å². The number of nitrogens with zero attached hydrogens (tertiary/aromatic N) is 3. The number of nitrogens with one attached hydrogen (secondary N) is 1. The molecule has 1 aliphatic carbocycles. The first-order valence-corrected chi connectivity index (χ1v) is 8.40. The van der Waals surface area contributed by atoms with E-state index < -0.39 is 18.1 Å². The lowest BCUT2D eigenvalue weighted by atomic mass is 9.85. The van der Waals surface area contributed by atoms with Crippen molar-refractivity contribution >= 4 is 11.7 Å². The second kappa shape index (κ2) is 6.38. The van der Waals surface area contributed by atoms with E-state index in [4.69, 9.17) is 0 Å². The second-order valence-corrected chi connectivity index (χ2v) is 6.87. The standard InChI is InChI=1S/C16H23F3N4O/c1-10-8-14(22(2)21-10)23-7-6-13(15(23)24)20-12-5-3-4-11(9-12)16(17,18)19/h8,11-13,20H,3-7,9H2,1-2H3/t11-,12-,13-/m0/s1. The molecule has 1 aromatic rings. The number of anilines is 1. The van der Waals surface area contributed by atoms with Crippen LogP contribution in [-0.2, 0) is 11.8 Å². The van der Waals surface area contributed by atoms with Gasteiger partial charge in [0.2, 0.25) is 5.91 Å². The van der Waals surface area contributed by atoms with Crippen LogP contribution in [0, 0.1) is 12.8 Å². The van der Waals surface area contributed by atoms with Crippen molar-refractivity contribution in [1.29, 1.82) is 0 Å². The molecule has 0 aromatic carbocycles. The third kappa shape index (κ3) is 3.43. The molecule has 1 saturated heterocycles. The number of carbonyl (C=O) groups excluding carboxylic acids is 1. The summed E-state index contributed by atoms with van der Waals surface area (Å²) in [4.78, 5) is 14.3. The first-order valence-electron chi connectivity index (χ1n) is 8.40. The third-order valence-corrected chi connectivity index (χ3v) is 5.03. The van der Waals surface area contributed by atoms with Crippen molar-refractivity contribution in [1.82, 2.24) is 15.1 Å². The van der Waals surface area contributed by atoms with E-state index in [-0.39, 0.29) is 24.8 Å². The van der Waals surface area contributed by atoms with E-state index in [1.165, 1.54) is 0 Å². The van der Waals surface area contributed by atoms with Crippen LogP contribution in [0.25, 0.3) is 0 Å². The molecule has 8 heteroatoms. The number of hydrogen-bond donors (Lipinski definition) is 1. The Morgan fingerprint density at radius 3 is 2.67 bits per heavy atom. The Labute approximate surface area is 139 Å². The van der Waals surface area contributed by atoms with Gasteiger partial charge in [-0.3, -0.25) is 14.4 Å². The molecule has 24 heavy (non-hydrogen) atoms. The molecule has 0 bridgehead atoms. The van der Waals surface area contributed by atoms with Crippen LogP contribution in [0.5, 0.6) is 0 Å². The fourth-order valence-electron chi connectivity index (χ4n) is 3.83. The zero-order valence-corrected chi connectivity index (χ0v) is 13.9. The zero-order chi connectivity index (χ0) is 17.5. The summed E-state index contributed by atoms with van der Waals surface area (Å²) >= 11 is 0. The van der Waals surface area contributed by atoms with E-state index in [0.717, 1.165) is 11.5 Å². The van der Waals surface area contributed by atoms with Gasteiger partial charge in [-0.1, -0.05) is 6.42 Å². The number of hydrogen-bond acceptors (Lipinski definition) is 3. The summed E-state index contributed by atoms with van der Waals surface area (Å²) < 4.78 is 40.4. The summed E-state index contributed by atoms with van der Waals surface area (Å²) in [7, 11) is 1.78. The number of carbonyl (C=O) groups is 1. The van der Waals surface area contributed by atoms with Crippen molar-refractivity contribution in [2.75, 3.05) is 11.4 Å². The number of aryl methyl sites for hydroxylation is 2. The Hall–Kier alpha value is -1.57. The molecule has 3 atom stereocenters. The Morgan fingerprint density at radius 2 is 2.04 bits per heavy atom. The molecule has 0 unspecified atom stereocenters. The number of halogens is 3. The molecule has 1 saturated carbocycles. The molecule has 1 N–H and O–H groups in total. The van der Waals surface area contributed by atoms with Crippen molar-refractivity contribution in [3.8, 4) is 0 Å². The maximum atomic E-state index is 12.9. The normalized spacial score (nSPS) is 28.6. The lowest BCUT2D eigenvalue weighted by Gasteiger charge is -2.32. The SMILES string of the molecule is Cc1cc(N2CC[C@H](N[C@H]3CCC[C@H](C(F)(F)F)C3)C2=O)n(C)n1. The number of amides is 1. The van der Waals surface area contributed by atoms with Crippen LogP contribution in [-0.4, -0.2) is 40.5 Å². The minimum atomic E-state index is -4.14. The highest BCUT2D eigenvalue weighted by Gasteiger charge is 2.43. The predicted octanol–water partition coefficient (Wildman–Crippen LogP) is 2.54. The highest BCUT2D eigenvalue weighted by Crippen LogP contribution is 2.38. The van der Waals surface area contributed by atoms with Crippen LogP contribution in [0.1, 0.15) is 37.8 Å². The summed E-state index contributed by atoms with van der Waals surface area (Å²) in [6, 6.07) is 1.20. The summed E-state index contributed by atoms with van der Waals surface area (Å²) in [6.07, 6.45) is -2.03. The summed E-state index contributed by atoms with van der Waals surface area (Å²) in [5, 5.41) is 7.42. The number of rotatable bonds is 3. The monoisotopic (exact) mass is 344 g/mol. The Bertz CT molecular complexity index is 613. The van der Waals surface area contributed by atoms with Gasteiger partial charge in [-0.05, 0) is 32.6 Å². The molecule has 2 aliphatic rings. The van der Waals surface area contributed by atoms with Crippen LogP contribution < -0.4 is 10.2 Å². The van der Waals surface area contributed by atoms with Crippen molar-refractivity contribution in [3.63, 3.8) is 0 Å². The maximum absolute atomic E-state index is 12.9. The zero-order valence-electron chi connectivity index (χ0n) is 13.9. The lowest BCUT2D eigenvalue weighted by Crippen LogP contribution is -2.47. The minimum Gasteiger partial charge on any atom is -0.303 e. The Morgan fingerprint density at radius 1 is 1.29 bits per heavy atom. The van der Waals surface area contributed by atoms with Crippen molar-refractivity contribution < 1.29 is 18.0 Å². The Balaban J connectivity index is 1.63. The molecule has 0 spiro atoms. The number of alkyl halides is 3. The van der Waals surface area contributed by atoms with Gasteiger partial charge >= 0.3 is 6.18 Å². The number of aromatic nitrogens is 2. The summed E-state index contributed by atoms with van der Waals surface area (Å²) in [6.45, 7) is 2.42. The van der Waals surface area contributed by atoms with Crippen molar-refractivity contribution in [2.45, 2.75) is 57.3 Å². The molecular formula is C16H23F3N4O.